The number of hydrogen-bond donors (Lipinski definition) is 0. The summed E-state index contributed by atoms with van der Waals surface area (Å²) in [5.41, 5.74) is 0.478. The van der Waals surface area contributed by atoms with Crippen LogP contribution in [0.25, 0.3) is 0 Å². The highest BCUT2D eigenvalue weighted by Gasteiger charge is 2.34. The summed E-state index contributed by atoms with van der Waals surface area (Å²) in [5.74, 6) is 0.327. The Labute approximate surface area is 72.4 Å². The van der Waals surface area contributed by atoms with E-state index in [1.165, 1.54) is 6.26 Å². The van der Waals surface area contributed by atoms with E-state index in [-0.39, 0.29) is 0 Å². The van der Waals surface area contributed by atoms with E-state index < -0.39 is 11.8 Å². The van der Waals surface area contributed by atoms with Crippen LogP contribution in [0.2, 0.25) is 0 Å². The molecule has 1 aliphatic heterocycles. The summed E-state index contributed by atoms with van der Waals surface area (Å²) in [6.07, 6.45) is 0.876. The predicted molar refractivity (Wildman–Crippen MR) is 44.6 cm³/mol. The zero-order chi connectivity index (χ0) is 9.35. The smallest absolute Gasteiger partial charge is 0.423 e. The maximum atomic E-state index is 10.8. The number of ether oxygens (including phenoxy) is 2. The lowest BCUT2D eigenvalue weighted by atomic mass is 9.89. The van der Waals surface area contributed by atoms with Crippen LogP contribution >= 0.6 is 0 Å². The Bertz CT molecular complexity index is 226. The van der Waals surface area contributed by atoms with Crippen LogP contribution < -0.4 is 0 Å². The first kappa shape index (κ1) is 9.10. The average Bonchev–Trinajstić information content (AvgIpc) is 1.82. The SMILES string of the molecule is CC(C)C1=COC(=O)OC1(C)C. The number of rotatable bonds is 1. The van der Waals surface area contributed by atoms with Gasteiger partial charge in [0.2, 0.25) is 0 Å². The minimum absolute atomic E-state index is 0.327. The van der Waals surface area contributed by atoms with Crippen molar-refractivity contribution in [2.75, 3.05) is 0 Å². The number of cyclic esters (lactones) is 2. The van der Waals surface area contributed by atoms with Crippen LogP contribution in [-0.4, -0.2) is 11.8 Å². The van der Waals surface area contributed by atoms with Crippen molar-refractivity contribution in [3.8, 4) is 0 Å². The van der Waals surface area contributed by atoms with Gasteiger partial charge in [0.25, 0.3) is 0 Å². The third-order valence-electron chi connectivity index (χ3n) is 1.94. The molecule has 0 N–H and O–H groups in total. The summed E-state index contributed by atoms with van der Waals surface area (Å²) in [5, 5.41) is 0. The Morgan fingerprint density at radius 1 is 1.42 bits per heavy atom. The van der Waals surface area contributed by atoms with Gasteiger partial charge in [0.1, 0.15) is 11.9 Å². The van der Waals surface area contributed by atoms with Gasteiger partial charge >= 0.3 is 6.16 Å². The largest absolute Gasteiger partial charge is 0.514 e. The molecule has 0 spiro atoms. The lowest BCUT2D eigenvalue weighted by Gasteiger charge is -2.32. The van der Waals surface area contributed by atoms with Crippen molar-refractivity contribution in [2.24, 2.45) is 5.92 Å². The summed E-state index contributed by atoms with van der Waals surface area (Å²) in [6, 6.07) is 0. The van der Waals surface area contributed by atoms with Crippen LogP contribution in [0.3, 0.4) is 0 Å². The first-order valence-electron chi connectivity index (χ1n) is 4.03. The van der Waals surface area contributed by atoms with Crippen molar-refractivity contribution in [3.63, 3.8) is 0 Å². The van der Waals surface area contributed by atoms with Gasteiger partial charge in [-0.3, -0.25) is 0 Å². The predicted octanol–water partition coefficient (Wildman–Crippen LogP) is 2.47. The Balaban J connectivity index is 2.91. The van der Waals surface area contributed by atoms with Crippen LogP contribution in [0.1, 0.15) is 27.7 Å². The Hall–Kier alpha value is -0.990. The Morgan fingerprint density at radius 2 is 2.00 bits per heavy atom. The monoisotopic (exact) mass is 170 g/mol. The highest BCUT2D eigenvalue weighted by Crippen LogP contribution is 2.30. The Kier molecular flexibility index (Phi) is 2.13. The highest BCUT2D eigenvalue weighted by atomic mass is 16.7. The van der Waals surface area contributed by atoms with E-state index >= 15 is 0 Å². The molecule has 0 saturated carbocycles. The highest BCUT2D eigenvalue weighted by molar-refractivity contribution is 5.63. The number of carbonyl (C=O) groups is 1. The van der Waals surface area contributed by atoms with E-state index in [1.54, 1.807) is 0 Å². The van der Waals surface area contributed by atoms with Crippen LogP contribution in [-0.2, 0) is 9.47 Å². The van der Waals surface area contributed by atoms with Crippen molar-refractivity contribution in [2.45, 2.75) is 33.3 Å². The lowest BCUT2D eigenvalue weighted by Crippen LogP contribution is -2.36. The van der Waals surface area contributed by atoms with Crippen molar-refractivity contribution in [1.82, 2.24) is 0 Å². The molecule has 0 aromatic heterocycles. The summed E-state index contributed by atoms with van der Waals surface area (Å²) in [4.78, 5) is 10.8. The van der Waals surface area contributed by atoms with Gasteiger partial charge in [0.15, 0.2) is 0 Å². The standard InChI is InChI=1S/C9H14O3/c1-6(2)7-5-11-8(10)12-9(7,3)4/h5-6H,1-4H3. The zero-order valence-electron chi connectivity index (χ0n) is 7.88. The molecule has 0 amide bonds. The average molecular weight is 170 g/mol. The number of carbonyl (C=O) groups excluding carboxylic acids is 1. The van der Waals surface area contributed by atoms with E-state index in [0.717, 1.165) is 5.57 Å². The Morgan fingerprint density at radius 3 is 2.42 bits per heavy atom. The van der Waals surface area contributed by atoms with Gasteiger partial charge in [0, 0.05) is 5.57 Å². The van der Waals surface area contributed by atoms with E-state index in [1.807, 2.05) is 27.7 Å². The van der Waals surface area contributed by atoms with E-state index in [4.69, 9.17) is 4.74 Å². The topological polar surface area (TPSA) is 35.5 Å². The van der Waals surface area contributed by atoms with Crippen molar-refractivity contribution in [3.05, 3.63) is 11.8 Å². The molecule has 0 fully saturated rings. The third kappa shape index (κ3) is 1.60. The molecule has 3 heteroatoms. The fourth-order valence-electron chi connectivity index (χ4n) is 1.38. The molecular formula is C9H14O3. The van der Waals surface area contributed by atoms with Gasteiger partial charge < -0.3 is 9.47 Å². The molecule has 0 saturated heterocycles. The van der Waals surface area contributed by atoms with Gasteiger partial charge in [-0.15, -0.1) is 0 Å². The molecule has 3 nitrogen and oxygen atoms in total. The van der Waals surface area contributed by atoms with Crippen LogP contribution in [0, 0.1) is 5.92 Å². The van der Waals surface area contributed by atoms with Gasteiger partial charge in [-0.2, -0.15) is 0 Å². The second-order valence-corrected chi connectivity index (χ2v) is 3.71. The van der Waals surface area contributed by atoms with Crippen molar-refractivity contribution >= 4 is 6.16 Å². The minimum atomic E-state index is -0.621. The summed E-state index contributed by atoms with van der Waals surface area (Å²) >= 11 is 0. The maximum Gasteiger partial charge on any atom is 0.514 e. The van der Waals surface area contributed by atoms with Gasteiger partial charge in [-0.1, -0.05) is 13.8 Å². The van der Waals surface area contributed by atoms with E-state index in [2.05, 4.69) is 4.74 Å². The molecule has 68 valence electrons. The fourth-order valence-corrected chi connectivity index (χ4v) is 1.38. The first-order chi connectivity index (χ1) is 5.43. The van der Waals surface area contributed by atoms with E-state index in [9.17, 15) is 4.79 Å². The van der Waals surface area contributed by atoms with Crippen LogP contribution in [0.4, 0.5) is 4.79 Å². The summed E-state index contributed by atoms with van der Waals surface area (Å²) < 4.78 is 9.68. The molecule has 0 unspecified atom stereocenters. The molecule has 0 atom stereocenters. The van der Waals surface area contributed by atoms with Crippen LogP contribution in [0.15, 0.2) is 11.8 Å². The molecule has 12 heavy (non-hydrogen) atoms. The second kappa shape index (κ2) is 2.81. The molecule has 0 aromatic carbocycles. The molecule has 1 heterocycles. The minimum Gasteiger partial charge on any atom is -0.423 e. The molecular weight excluding hydrogens is 156 g/mol. The third-order valence-corrected chi connectivity index (χ3v) is 1.94. The van der Waals surface area contributed by atoms with Crippen LogP contribution in [0.5, 0.6) is 0 Å². The van der Waals surface area contributed by atoms with Crippen molar-refractivity contribution < 1.29 is 14.3 Å². The molecule has 0 aromatic rings. The normalized spacial score (nSPS) is 21.4. The quantitative estimate of drug-likeness (QED) is 0.567. The molecule has 0 bridgehead atoms. The maximum absolute atomic E-state index is 10.8. The molecule has 1 aliphatic rings. The zero-order valence-corrected chi connectivity index (χ0v) is 7.88. The second-order valence-electron chi connectivity index (χ2n) is 3.71. The van der Waals surface area contributed by atoms with E-state index in [0.29, 0.717) is 5.92 Å². The number of hydrogen-bond acceptors (Lipinski definition) is 3. The first-order valence-corrected chi connectivity index (χ1v) is 4.03. The van der Waals surface area contributed by atoms with Gasteiger partial charge in [0.05, 0.1) is 0 Å². The molecule has 0 aliphatic carbocycles. The summed E-state index contributed by atoms with van der Waals surface area (Å²) in [6.45, 7) is 7.80. The van der Waals surface area contributed by atoms with Gasteiger partial charge in [-0.25, -0.2) is 4.79 Å². The molecule has 0 radical (unpaired) electrons. The van der Waals surface area contributed by atoms with Gasteiger partial charge in [-0.05, 0) is 19.8 Å². The molecule has 1 rings (SSSR count). The lowest BCUT2D eigenvalue weighted by molar-refractivity contribution is -0.00302. The fraction of sp³-hybridized carbons (Fsp3) is 0.667. The summed E-state index contributed by atoms with van der Waals surface area (Å²) in [7, 11) is 0. The van der Waals surface area contributed by atoms with Crippen molar-refractivity contribution in [1.29, 1.82) is 0 Å².